The molecule has 0 saturated carbocycles. The van der Waals surface area contributed by atoms with E-state index in [0.717, 1.165) is 10.2 Å². The van der Waals surface area contributed by atoms with Crippen molar-refractivity contribution < 1.29 is 9.53 Å². The van der Waals surface area contributed by atoms with Crippen LogP contribution in [0.5, 0.6) is 5.75 Å². The topological polar surface area (TPSA) is 85.6 Å². The number of hydrogen-bond acceptors (Lipinski definition) is 5. The molecule has 0 aliphatic heterocycles. The molecule has 0 fully saturated rings. The standard InChI is InChI=1S/C20H20N4O3/c1-13(2)27-17-11-7-4-8-14(17)12-21-22-19(25)18-15-9-5-6-10-16(15)20(26)24(3)23-18/h4-13H,1-3H3,(H,22,25)/b21-12+. The minimum atomic E-state index is -0.500. The van der Waals surface area contributed by atoms with Gasteiger partial charge in [0.05, 0.1) is 17.7 Å². The maximum atomic E-state index is 12.5. The summed E-state index contributed by atoms with van der Waals surface area (Å²) in [4.78, 5) is 24.7. The number of fused-ring (bicyclic) bond motifs is 1. The van der Waals surface area contributed by atoms with Gasteiger partial charge in [-0.2, -0.15) is 10.2 Å². The number of nitrogens with one attached hydrogen (secondary N) is 1. The molecule has 0 aliphatic rings. The zero-order chi connectivity index (χ0) is 19.4. The van der Waals surface area contributed by atoms with Crippen molar-refractivity contribution in [1.82, 2.24) is 15.2 Å². The van der Waals surface area contributed by atoms with Gasteiger partial charge in [-0.05, 0) is 32.0 Å². The first-order chi connectivity index (χ1) is 13.0. The Kier molecular flexibility index (Phi) is 5.30. The molecule has 7 nitrogen and oxygen atoms in total. The van der Waals surface area contributed by atoms with E-state index in [9.17, 15) is 9.59 Å². The zero-order valence-electron chi connectivity index (χ0n) is 15.3. The predicted octanol–water partition coefficient (Wildman–Crippen LogP) is 2.48. The van der Waals surface area contributed by atoms with Gasteiger partial charge in [0.15, 0.2) is 5.69 Å². The Hall–Kier alpha value is -3.48. The average Bonchev–Trinajstić information content (AvgIpc) is 2.65. The van der Waals surface area contributed by atoms with Gasteiger partial charge in [0, 0.05) is 18.0 Å². The lowest BCUT2D eigenvalue weighted by Crippen LogP contribution is -2.27. The monoisotopic (exact) mass is 364 g/mol. The Morgan fingerprint density at radius 2 is 1.81 bits per heavy atom. The zero-order valence-corrected chi connectivity index (χ0v) is 15.3. The maximum absolute atomic E-state index is 12.5. The third-order valence-electron chi connectivity index (χ3n) is 3.82. The largest absolute Gasteiger partial charge is 0.490 e. The van der Waals surface area contributed by atoms with Gasteiger partial charge in [0.25, 0.3) is 11.5 Å². The third kappa shape index (κ3) is 4.03. The van der Waals surface area contributed by atoms with Crippen LogP contribution in [0.25, 0.3) is 10.8 Å². The molecule has 7 heteroatoms. The highest BCUT2D eigenvalue weighted by Crippen LogP contribution is 2.17. The van der Waals surface area contributed by atoms with Crippen LogP contribution in [0, 0.1) is 0 Å². The number of aryl methyl sites for hydroxylation is 1. The first kappa shape index (κ1) is 18.3. The summed E-state index contributed by atoms with van der Waals surface area (Å²) in [7, 11) is 1.51. The first-order valence-electron chi connectivity index (χ1n) is 8.52. The van der Waals surface area contributed by atoms with E-state index >= 15 is 0 Å². The van der Waals surface area contributed by atoms with Gasteiger partial charge in [-0.1, -0.05) is 30.3 Å². The Morgan fingerprint density at radius 3 is 2.56 bits per heavy atom. The molecule has 1 N–H and O–H groups in total. The van der Waals surface area contributed by atoms with Crippen LogP contribution >= 0.6 is 0 Å². The predicted molar refractivity (Wildman–Crippen MR) is 104 cm³/mol. The number of benzene rings is 2. The average molecular weight is 364 g/mol. The van der Waals surface area contributed by atoms with Crippen molar-refractivity contribution in [3.63, 3.8) is 0 Å². The number of carbonyl (C=O) groups excluding carboxylic acids is 1. The van der Waals surface area contributed by atoms with Crippen LogP contribution in [-0.2, 0) is 7.05 Å². The maximum Gasteiger partial charge on any atom is 0.292 e. The summed E-state index contributed by atoms with van der Waals surface area (Å²) in [6.07, 6.45) is 1.54. The van der Waals surface area contributed by atoms with E-state index in [1.807, 2.05) is 38.1 Å². The summed E-state index contributed by atoms with van der Waals surface area (Å²) in [6, 6.07) is 14.3. The van der Waals surface area contributed by atoms with Gasteiger partial charge in [-0.15, -0.1) is 0 Å². The van der Waals surface area contributed by atoms with Crippen molar-refractivity contribution in [2.24, 2.45) is 12.1 Å². The fourth-order valence-electron chi connectivity index (χ4n) is 2.63. The molecule has 3 aromatic rings. The van der Waals surface area contributed by atoms with E-state index < -0.39 is 5.91 Å². The van der Waals surface area contributed by atoms with Crippen LogP contribution < -0.4 is 15.7 Å². The Balaban J connectivity index is 1.86. The van der Waals surface area contributed by atoms with Crippen LogP contribution in [0.1, 0.15) is 29.9 Å². The molecule has 0 spiro atoms. The minimum absolute atomic E-state index is 0.0234. The second-order valence-corrected chi connectivity index (χ2v) is 6.23. The summed E-state index contributed by atoms with van der Waals surface area (Å²) < 4.78 is 6.87. The van der Waals surface area contributed by atoms with Crippen LogP contribution in [0.15, 0.2) is 58.4 Å². The molecule has 0 bridgehead atoms. The van der Waals surface area contributed by atoms with Crippen LogP contribution in [0.3, 0.4) is 0 Å². The van der Waals surface area contributed by atoms with Crippen molar-refractivity contribution in [3.05, 3.63) is 70.1 Å². The summed E-state index contributed by atoms with van der Waals surface area (Å²) >= 11 is 0. The van der Waals surface area contributed by atoms with E-state index in [4.69, 9.17) is 4.74 Å². The fourth-order valence-corrected chi connectivity index (χ4v) is 2.63. The molecule has 0 aliphatic carbocycles. The number of ether oxygens (including phenoxy) is 1. The Labute approximate surface area is 156 Å². The number of amides is 1. The van der Waals surface area contributed by atoms with E-state index in [2.05, 4.69) is 15.6 Å². The van der Waals surface area contributed by atoms with Gasteiger partial charge in [-0.3, -0.25) is 9.59 Å². The lowest BCUT2D eigenvalue weighted by atomic mass is 10.1. The van der Waals surface area contributed by atoms with Crippen molar-refractivity contribution in [2.45, 2.75) is 20.0 Å². The first-order valence-corrected chi connectivity index (χ1v) is 8.52. The molecule has 0 saturated heterocycles. The molecule has 0 unspecified atom stereocenters. The lowest BCUT2D eigenvalue weighted by molar-refractivity contribution is 0.0950. The quantitative estimate of drug-likeness (QED) is 0.557. The molecule has 0 radical (unpaired) electrons. The summed E-state index contributed by atoms with van der Waals surface area (Å²) in [6.45, 7) is 3.87. The number of hydrazone groups is 1. The van der Waals surface area contributed by atoms with Crippen molar-refractivity contribution in [1.29, 1.82) is 0 Å². The second-order valence-electron chi connectivity index (χ2n) is 6.23. The fraction of sp³-hybridized carbons (Fsp3) is 0.200. The van der Waals surface area contributed by atoms with Gasteiger partial charge in [-0.25, -0.2) is 10.1 Å². The van der Waals surface area contributed by atoms with E-state index in [-0.39, 0.29) is 17.4 Å². The molecule has 138 valence electrons. The van der Waals surface area contributed by atoms with E-state index in [0.29, 0.717) is 16.5 Å². The minimum Gasteiger partial charge on any atom is -0.490 e. The Bertz CT molecular complexity index is 1070. The molecule has 3 rings (SSSR count). The highest BCUT2D eigenvalue weighted by molar-refractivity contribution is 6.05. The molecular formula is C20H20N4O3. The second kappa shape index (κ2) is 7.82. The lowest BCUT2D eigenvalue weighted by Gasteiger charge is -2.11. The Morgan fingerprint density at radius 1 is 1.15 bits per heavy atom. The van der Waals surface area contributed by atoms with Crippen molar-refractivity contribution in [2.75, 3.05) is 0 Å². The summed E-state index contributed by atoms with van der Waals surface area (Å²) in [5, 5.41) is 9.00. The number of hydrogen-bond donors (Lipinski definition) is 1. The third-order valence-corrected chi connectivity index (χ3v) is 3.82. The number of para-hydroxylation sites is 1. The highest BCUT2D eigenvalue weighted by Gasteiger charge is 2.15. The normalized spacial score (nSPS) is 11.3. The molecule has 1 aromatic heterocycles. The van der Waals surface area contributed by atoms with E-state index in [1.54, 1.807) is 24.3 Å². The summed E-state index contributed by atoms with van der Waals surface area (Å²) in [5.74, 6) is 0.177. The number of rotatable bonds is 5. The van der Waals surface area contributed by atoms with E-state index in [1.165, 1.54) is 13.3 Å². The smallest absolute Gasteiger partial charge is 0.292 e. The molecule has 2 aromatic carbocycles. The van der Waals surface area contributed by atoms with Crippen LogP contribution in [0.2, 0.25) is 0 Å². The van der Waals surface area contributed by atoms with Crippen molar-refractivity contribution >= 4 is 22.9 Å². The van der Waals surface area contributed by atoms with Crippen LogP contribution in [-0.4, -0.2) is 28.0 Å². The van der Waals surface area contributed by atoms with Gasteiger partial charge in [0.1, 0.15) is 5.75 Å². The number of nitrogens with zero attached hydrogens (tertiary/aromatic N) is 3. The molecule has 0 atom stereocenters. The highest BCUT2D eigenvalue weighted by atomic mass is 16.5. The molecular weight excluding hydrogens is 344 g/mol. The van der Waals surface area contributed by atoms with Gasteiger partial charge >= 0.3 is 0 Å². The number of aromatic nitrogens is 2. The van der Waals surface area contributed by atoms with Gasteiger partial charge < -0.3 is 4.74 Å². The number of carbonyl (C=O) groups is 1. The van der Waals surface area contributed by atoms with Crippen molar-refractivity contribution in [3.8, 4) is 5.75 Å². The molecule has 27 heavy (non-hydrogen) atoms. The van der Waals surface area contributed by atoms with Gasteiger partial charge in [0.2, 0.25) is 0 Å². The molecule has 1 heterocycles. The van der Waals surface area contributed by atoms with Crippen LogP contribution in [0.4, 0.5) is 0 Å². The SMILES string of the molecule is CC(C)Oc1ccccc1/C=N/NC(=O)c1nn(C)c(=O)c2ccccc12. The summed E-state index contributed by atoms with van der Waals surface area (Å²) in [5.41, 5.74) is 3.08. The molecule has 1 amide bonds.